The number of allylic oxidation sites excluding steroid dienone is 2. The van der Waals surface area contributed by atoms with Crippen LogP contribution in [-0.2, 0) is 19.1 Å². The molecule has 3 aliphatic rings. The van der Waals surface area contributed by atoms with Crippen molar-refractivity contribution in [3.05, 3.63) is 23.8 Å². The summed E-state index contributed by atoms with van der Waals surface area (Å²) >= 11 is 0. The summed E-state index contributed by atoms with van der Waals surface area (Å²) in [5, 5.41) is 29.9. The predicted molar refractivity (Wildman–Crippen MR) is 109 cm³/mol. The van der Waals surface area contributed by atoms with E-state index in [-0.39, 0.29) is 36.2 Å². The number of hydrogen-bond donors (Lipinski definition) is 3. The van der Waals surface area contributed by atoms with Crippen LogP contribution in [0.15, 0.2) is 23.8 Å². The molecule has 168 valence electrons. The maximum Gasteiger partial charge on any atom is 0.311 e. The molecule has 1 aliphatic heterocycles. The number of cyclic esters (lactones) is 1. The van der Waals surface area contributed by atoms with E-state index in [0.717, 1.165) is 12.0 Å². The highest BCUT2D eigenvalue weighted by molar-refractivity contribution is 5.73. The molecular weight excluding hydrogens is 388 g/mol. The molecule has 3 rings (SSSR count). The van der Waals surface area contributed by atoms with Crippen molar-refractivity contribution in [1.29, 1.82) is 0 Å². The van der Waals surface area contributed by atoms with Crippen molar-refractivity contribution in [2.45, 2.75) is 83.4 Å². The molecule has 0 aromatic carbocycles. The lowest BCUT2D eigenvalue weighted by atomic mass is 9.66. The summed E-state index contributed by atoms with van der Waals surface area (Å²) in [4.78, 5) is 24.2. The van der Waals surface area contributed by atoms with Crippen molar-refractivity contribution >= 4 is 11.9 Å². The first-order valence-electron chi connectivity index (χ1n) is 11.0. The van der Waals surface area contributed by atoms with Gasteiger partial charge in [0.25, 0.3) is 0 Å². The minimum absolute atomic E-state index is 0.0476. The van der Waals surface area contributed by atoms with Gasteiger partial charge in [0.1, 0.15) is 12.2 Å². The Morgan fingerprint density at radius 3 is 2.67 bits per heavy atom. The van der Waals surface area contributed by atoms with Gasteiger partial charge < -0.3 is 24.8 Å². The van der Waals surface area contributed by atoms with Crippen LogP contribution in [-0.4, -0.2) is 57.8 Å². The predicted octanol–water partition coefficient (Wildman–Crippen LogP) is 1.89. The fourth-order valence-corrected chi connectivity index (χ4v) is 4.86. The molecule has 3 N–H and O–H groups in total. The van der Waals surface area contributed by atoms with Crippen LogP contribution in [0.3, 0.4) is 0 Å². The largest absolute Gasteiger partial charge is 0.462 e. The third-order valence-electron chi connectivity index (χ3n) is 6.79. The monoisotopic (exact) mass is 422 g/mol. The number of hydrogen-bond acceptors (Lipinski definition) is 7. The number of fused-ring (bicyclic) bond motifs is 1. The van der Waals surface area contributed by atoms with Crippen molar-refractivity contribution in [2.75, 3.05) is 0 Å². The van der Waals surface area contributed by atoms with Gasteiger partial charge in [-0.25, -0.2) is 0 Å². The molecule has 7 heteroatoms. The topological polar surface area (TPSA) is 113 Å². The minimum atomic E-state index is -0.811. The molecule has 0 saturated carbocycles. The van der Waals surface area contributed by atoms with Gasteiger partial charge in [-0.15, -0.1) is 0 Å². The molecule has 0 spiro atoms. The highest BCUT2D eigenvalue weighted by atomic mass is 16.6. The Kier molecular flexibility index (Phi) is 7.37. The van der Waals surface area contributed by atoms with Crippen LogP contribution in [0.2, 0.25) is 0 Å². The first-order valence-corrected chi connectivity index (χ1v) is 11.0. The molecule has 0 amide bonds. The SMILES string of the molecule is CC(O)C(C)C(=O)O[C@H]1C[C@H](O)C=C2C=C[C@H](C)[C@H](CC[C@@H]3C[C@@H](O)CC(=O)O3)[C@H]21. The van der Waals surface area contributed by atoms with Crippen LogP contribution < -0.4 is 0 Å². The van der Waals surface area contributed by atoms with E-state index in [1.807, 2.05) is 12.2 Å². The van der Waals surface area contributed by atoms with Crippen LogP contribution in [0.25, 0.3) is 0 Å². The minimum Gasteiger partial charge on any atom is -0.462 e. The second kappa shape index (κ2) is 9.62. The van der Waals surface area contributed by atoms with Crippen molar-refractivity contribution in [1.82, 2.24) is 0 Å². The lowest BCUT2D eigenvalue weighted by molar-refractivity contribution is -0.164. The molecule has 1 heterocycles. The van der Waals surface area contributed by atoms with Gasteiger partial charge in [-0.3, -0.25) is 9.59 Å². The van der Waals surface area contributed by atoms with Gasteiger partial charge >= 0.3 is 11.9 Å². The molecule has 1 saturated heterocycles. The van der Waals surface area contributed by atoms with Crippen molar-refractivity contribution in [3.8, 4) is 0 Å². The number of esters is 2. The number of aliphatic hydroxyl groups is 3. The van der Waals surface area contributed by atoms with Gasteiger partial charge in [0.2, 0.25) is 0 Å². The Labute approximate surface area is 177 Å². The van der Waals surface area contributed by atoms with Gasteiger partial charge in [0.15, 0.2) is 0 Å². The maximum atomic E-state index is 12.5. The van der Waals surface area contributed by atoms with Crippen LogP contribution in [0.1, 0.15) is 52.9 Å². The lowest BCUT2D eigenvalue weighted by Gasteiger charge is -2.43. The van der Waals surface area contributed by atoms with E-state index in [0.29, 0.717) is 19.3 Å². The quantitative estimate of drug-likeness (QED) is 0.560. The third-order valence-corrected chi connectivity index (χ3v) is 6.79. The molecule has 30 heavy (non-hydrogen) atoms. The van der Waals surface area contributed by atoms with Crippen molar-refractivity contribution < 1.29 is 34.4 Å². The van der Waals surface area contributed by atoms with Gasteiger partial charge in [0, 0.05) is 18.8 Å². The maximum absolute atomic E-state index is 12.5. The van der Waals surface area contributed by atoms with Crippen molar-refractivity contribution in [3.63, 3.8) is 0 Å². The summed E-state index contributed by atoms with van der Waals surface area (Å²) < 4.78 is 11.2. The van der Waals surface area contributed by atoms with E-state index in [1.54, 1.807) is 13.8 Å². The molecule has 1 fully saturated rings. The van der Waals surface area contributed by atoms with E-state index >= 15 is 0 Å². The normalized spacial score (nSPS) is 38.1. The zero-order valence-electron chi connectivity index (χ0n) is 17.9. The standard InChI is InChI=1S/C23H34O7/c1-12-4-5-15-8-16(25)10-20(30-23(28)13(2)14(3)24)22(15)19(12)7-6-18-9-17(26)11-21(27)29-18/h4-5,8,12-14,16-20,22,24-26H,6-7,9-11H2,1-3H3/t12-,13?,14?,16+,17+,18+,19-,20-,22-/m0/s1. The second-order valence-electron chi connectivity index (χ2n) is 9.17. The van der Waals surface area contributed by atoms with Crippen LogP contribution in [0.5, 0.6) is 0 Å². The number of carbonyl (C=O) groups excluding carboxylic acids is 2. The summed E-state index contributed by atoms with van der Waals surface area (Å²) in [5.41, 5.74) is 0.958. The molecule has 9 atom stereocenters. The zero-order valence-corrected chi connectivity index (χ0v) is 17.9. The summed E-state index contributed by atoms with van der Waals surface area (Å²) in [6.45, 7) is 5.30. The van der Waals surface area contributed by atoms with Crippen LogP contribution >= 0.6 is 0 Å². The highest BCUT2D eigenvalue weighted by Crippen LogP contribution is 2.44. The van der Waals surface area contributed by atoms with Gasteiger partial charge in [-0.1, -0.05) is 25.2 Å². The molecule has 2 aliphatic carbocycles. The molecule has 0 radical (unpaired) electrons. The Hall–Kier alpha value is -1.70. The average molecular weight is 423 g/mol. The first-order chi connectivity index (χ1) is 14.2. The van der Waals surface area contributed by atoms with E-state index in [1.165, 1.54) is 0 Å². The Bertz CT molecular complexity index is 698. The Morgan fingerprint density at radius 1 is 1.27 bits per heavy atom. The van der Waals surface area contributed by atoms with Crippen LogP contribution in [0, 0.1) is 23.7 Å². The zero-order chi connectivity index (χ0) is 22.0. The lowest BCUT2D eigenvalue weighted by Crippen LogP contribution is -2.44. The molecule has 2 unspecified atom stereocenters. The average Bonchev–Trinajstić information content (AvgIpc) is 2.65. The molecule has 7 nitrogen and oxygen atoms in total. The highest BCUT2D eigenvalue weighted by Gasteiger charge is 2.43. The van der Waals surface area contributed by atoms with E-state index < -0.39 is 36.3 Å². The Balaban J connectivity index is 1.74. The fourth-order valence-electron chi connectivity index (χ4n) is 4.86. The van der Waals surface area contributed by atoms with Crippen LogP contribution in [0.4, 0.5) is 0 Å². The van der Waals surface area contributed by atoms with Gasteiger partial charge in [-0.2, -0.15) is 0 Å². The number of carbonyl (C=O) groups is 2. The van der Waals surface area contributed by atoms with Crippen molar-refractivity contribution in [2.24, 2.45) is 23.7 Å². The molecule has 0 bridgehead atoms. The van der Waals surface area contributed by atoms with E-state index in [4.69, 9.17) is 9.47 Å². The van der Waals surface area contributed by atoms with E-state index in [2.05, 4.69) is 13.0 Å². The second-order valence-corrected chi connectivity index (χ2v) is 9.17. The van der Waals surface area contributed by atoms with Gasteiger partial charge in [-0.05, 0) is 44.1 Å². The van der Waals surface area contributed by atoms with E-state index in [9.17, 15) is 24.9 Å². The summed E-state index contributed by atoms with van der Waals surface area (Å²) in [6, 6.07) is 0. The summed E-state index contributed by atoms with van der Waals surface area (Å²) in [7, 11) is 0. The first kappa shape index (κ1) is 23.0. The van der Waals surface area contributed by atoms with Gasteiger partial charge in [0.05, 0.1) is 30.7 Å². The fraction of sp³-hybridized carbons (Fsp3) is 0.739. The smallest absolute Gasteiger partial charge is 0.311 e. The Morgan fingerprint density at radius 2 is 2.00 bits per heavy atom. The third kappa shape index (κ3) is 5.31. The number of rotatable bonds is 6. The summed E-state index contributed by atoms with van der Waals surface area (Å²) in [5.74, 6) is -1.17. The molecule has 0 aromatic heterocycles. The molecular formula is C23H34O7. The summed E-state index contributed by atoms with van der Waals surface area (Å²) in [6.07, 6.45) is 5.16. The number of ether oxygens (including phenoxy) is 2. The molecule has 0 aromatic rings. The number of aliphatic hydroxyl groups excluding tert-OH is 3.